The van der Waals surface area contributed by atoms with Crippen molar-refractivity contribution in [3.8, 4) is 5.75 Å². The van der Waals surface area contributed by atoms with Gasteiger partial charge in [0, 0.05) is 37.8 Å². The van der Waals surface area contributed by atoms with Crippen LogP contribution in [0, 0.1) is 6.92 Å². The Morgan fingerprint density at radius 2 is 1.97 bits per heavy atom. The maximum absolute atomic E-state index is 12.7. The van der Waals surface area contributed by atoms with E-state index in [0.717, 1.165) is 63.6 Å². The van der Waals surface area contributed by atoms with Gasteiger partial charge < -0.3 is 24.3 Å². The van der Waals surface area contributed by atoms with Crippen molar-refractivity contribution < 1.29 is 13.9 Å². The van der Waals surface area contributed by atoms with E-state index in [9.17, 15) is 4.39 Å². The first kappa shape index (κ1) is 25.9. The minimum Gasteiger partial charge on any atom is -0.497 e. The van der Waals surface area contributed by atoms with E-state index in [1.807, 2.05) is 13.0 Å². The van der Waals surface area contributed by atoms with Crippen molar-refractivity contribution in [2.24, 2.45) is 0 Å². The fourth-order valence-electron chi connectivity index (χ4n) is 3.89. The predicted molar refractivity (Wildman–Crippen MR) is 132 cm³/mol. The number of nitrogens with zero attached hydrogens (tertiary/aromatic N) is 2. The molecule has 0 amide bonds. The summed E-state index contributed by atoms with van der Waals surface area (Å²) in [6, 6.07) is 6.25. The third-order valence-electron chi connectivity index (χ3n) is 5.45. The lowest BCUT2D eigenvalue weighted by atomic mass is 10.2. The first-order valence-corrected chi connectivity index (χ1v) is 11.6. The highest BCUT2D eigenvalue weighted by molar-refractivity contribution is 5.88. The molecule has 5 nitrogen and oxygen atoms in total. The van der Waals surface area contributed by atoms with Crippen molar-refractivity contribution in [2.75, 3.05) is 46.4 Å². The van der Waals surface area contributed by atoms with Gasteiger partial charge in [-0.25, -0.2) is 4.39 Å². The monoisotopic (exact) mass is 445 g/mol. The first-order chi connectivity index (χ1) is 15.5. The Morgan fingerprint density at radius 1 is 1.16 bits per heavy atom. The molecule has 1 N–H and O–H groups in total. The smallest absolute Gasteiger partial charge is 0.143 e. The summed E-state index contributed by atoms with van der Waals surface area (Å²) < 4.78 is 26.2. The molecule has 6 heteroatoms. The number of halogens is 1. The Hall–Kier alpha value is -2.31. The van der Waals surface area contributed by atoms with Gasteiger partial charge in [0.25, 0.3) is 0 Å². The summed E-state index contributed by atoms with van der Waals surface area (Å²) in [6.07, 6.45) is 7.55. The van der Waals surface area contributed by atoms with Gasteiger partial charge in [-0.3, -0.25) is 0 Å². The maximum Gasteiger partial charge on any atom is 0.143 e. The zero-order chi connectivity index (χ0) is 23.3. The van der Waals surface area contributed by atoms with Crippen molar-refractivity contribution in [2.45, 2.75) is 47.1 Å². The Bertz CT molecular complexity index is 885. The number of hydrogen-bond acceptors (Lipinski definition) is 4. The Labute approximate surface area is 192 Å². The molecule has 0 aliphatic carbocycles. The number of methoxy groups -OCH3 is 1. The number of fused-ring (bicyclic) bond motifs is 1. The van der Waals surface area contributed by atoms with Crippen LogP contribution in [-0.2, 0) is 11.3 Å². The van der Waals surface area contributed by atoms with E-state index >= 15 is 0 Å². The Morgan fingerprint density at radius 3 is 2.69 bits per heavy atom. The maximum atomic E-state index is 12.7. The van der Waals surface area contributed by atoms with E-state index in [2.05, 4.69) is 47.0 Å². The summed E-state index contributed by atoms with van der Waals surface area (Å²) in [7, 11) is 1.74. The van der Waals surface area contributed by atoms with Gasteiger partial charge in [-0.2, -0.15) is 0 Å². The van der Waals surface area contributed by atoms with Gasteiger partial charge in [-0.05, 0) is 70.5 Å². The molecule has 2 aromatic rings. The standard InChI is InChI=1S/C26H40FN3O2/c1-6-15-29(18-13-28-14-19-32-23(4)12-11-22(3)27)16-8-17-30-20-21(2)24-9-7-10-25(31-5)26(24)30/h7,9-12,20,28H,6,8,13-19H2,1-5H3/b22-11+,23-12+. The number of ether oxygens (including phenoxy) is 2. The van der Waals surface area contributed by atoms with E-state index < -0.39 is 0 Å². The van der Waals surface area contributed by atoms with Crippen LogP contribution in [0.15, 0.2) is 48.1 Å². The normalized spacial score (nSPS) is 12.7. The van der Waals surface area contributed by atoms with Gasteiger partial charge in [0.15, 0.2) is 0 Å². The molecule has 178 valence electrons. The molecule has 0 fully saturated rings. The van der Waals surface area contributed by atoms with Crippen molar-refractivity contribution in [3.05, 3.63) is 53.7 Å². The summed E-state index contributed by atoms with van der Waals surface area (Å²) in [5.74, 6) is 1.44. The second-order valence-electron chi connectivity index (χ2n) is 8.19. The number of allylic oxidation sites excluding steroid dienone is 4. The molecule has 0 bridgehead atoms. The lowest BCUT2D eigenvalue weighted by Crippen LogP contribution is -2.35. The van der Waals surface area contributed by atoms with E-state index in [1.54, 1.807) is 13.2 Å². The van der Waals surface area contributed by atoms with Crippen LogP contribution in [0.3, 0.4) is 0 Å². The highest BCUT2D eigenvalue weighted by atomic mass is 19.1. The number of para-hydroxylation sites is 1. The molecular formula is C26H40FN3O2. The minimum atomic E-state index is -0.221. The van der Waals surface area contributed by atoms with Crippen LogP contribution in [0.5, 0.6) is 5.75 Å². The molecule has 0 atom stereocenters. The van der Waals surface area contributed by atoms with Gasteiger partial charge in [0.1, 0.15) is 12.4 Å². The fourth-order valence-corrected chi connectivity index (χ4v) is 3.89. The predicted octanol–water partition coefficient (Wildman–Crippen LogP) is 5.44. The molecule has 0 aliphatic heterocycles. The number of nitrogens with one attached hydrogen (secondary N) is 1. The second-order valence-corrected chi connectivity index (χ2v) is 8.19. The Kier molecular flexibility index (Phi) is 11.3. The highest BCUT2D eigenvalue weighted by Crippen LogP contribution is 2.29. The van der Waals surface area contributed by atoms with Gasteiger partial charge in [-0.15, -0.1) is 0 Å². The molecule has 0 radical (unpaired) electrons. The van der Waals surface area contributed by atoms with Crippen molar-refractivity contribution >= 4 is 10.9 Å². The summed E-state index contributed by atoms with van der Waals surface area (Å²) >= 11 is 0. The summed E-state index contributed by atoms with van der Waals surface area (Å²) in [4.78, 5) is 2.52. The summed E-state index contributed by atoms with van der Waals surface area (Å²) in [5.41, 5.74) is 2.48. The zero-order valence-electron chi connectivity index (χ0n) is 20.4. The molecule has 1 aromatic carbocycles. The average Bonchev–Trinajstić information content (AvgIpc) is 3.10. The zero-order valence-corrected chi connectivity index (χ0v) is 20.4. The molecule has 0 unspecified atom stereocenters. The highest BCUT2D eigenvalue weighted by Gasteiger charge is 2.11. The summed E-state index contributed by atoms with van der Waals surface area (Å²) in [6.45, 7) is 14.1. The molecule has 1 aromatic heterocycles. The van der Waals surface area contributed by atoms with E-state index in [4.69, 9.17) is 9.47 Å². The number of aromatic nitrogens is 1. The molecule has 2 rings (SSSR count). The molecule has 0 saturated carbocycles. The van der Waals surface area contributed by atoms with Crippen molar-refractivity contribution in [3.63, 3.8) is 0 Å². The number of benzene rings is 1. The molecular weight excluding hydrogens is 405 g/mol. The fraction of sp³-hybridized carbons (Fsp3) is 0.538. The largest absolute Gasteiger partial charge is 0.497 e. The van der Waals surface area contributed by atoms with E-state index in [-0.39, 0.29) is 5.83 Å². The second kappa shape index (κ2) is 14.0. The van der Waals surface area contributed by atoms with Crippen LogP contribution in [0.25, 0.3) is 10.9 Å². The molecule has 0 spiro atoms. The van der Waals surface area contributed by atoms with E-state index in [1.165, 1.54) is 29.5 Å². The van der Waals surface area contributed by atoms with Crippen LogP contribution in [-0.4, -0.2) is 55.9 Å². The summed E-state index contributed by atoms with van der Waals surface area (Å²) in [5, 5.41) is 4.71. The lowest BCUT2D eigenvalue weighted by Gasteiger charge is -2.22. The molecule has 0 saturated heterocycles. The van der Waals surface area contributed by atoms with Crippen LogP contribution in [0.2, 0.25) is 0 Å². The van der Waals surface area contributed by atoms with Crippen molar-refractivity contribution in [1.29, 1.82) is 0 Å². The van der Waals surface area contributed by atoms with Crippen molar-refractivity contribution in [1.82, 2.24) is 14.8 Å². The van der Waals surface area contributed by atoms with Gasteiger partial charge >= 0.3 is 0 Å². The quantitative estimate of drug-likeness (QED) is 0.225. The first-order valence-electron chi connectivity index (χ1n) is 11.6. The number of aryl methyl sites for hydroxylation is 2. The number of rotatable bonds is 15. The third kappa shape index (κ3) is 8.32. The molecule has 32 heavy (non-hydrogen) atoms. The molecule has 0 aliphatic rings. The van der Waals surface area contributed by atoms with Crippen LogP contribution in [0.1, 0.15) is 39.2 Å². The third-order valence-corrected chi connectivity index (χ3v) is 5.45. The van der Waals surface area contributed by atoms with Gasteiger partial charge in [-0.1, -0.05) is 19.1 Å². The van der Waals surface area contributed by atoms with Crippen LogP contribution >= 0.6 is 0 Å². The minimum absolute atomic E-state index is 0.221. The lowest BCUT2D eigenvalue weighted by molar-refractivity contribution is 0.210. The Balaban J connectivity index is 1.75. The average molecular weight is 446 g/mol. The SMILES string of the molecule is CCCN(CCCn1cc(C)c2cccc(OC)c21)CCNCCO/C(C)=C/C=C(\C)F. The molecule has 1 heterocycles. The topological polar surface area (TPSA) is 38.7 Å². The number of hydrogen-bond donors (Lipinski definition) is 1. The van der Waals surface area contributed by atoms with Crippen LogP contribution < -0.4 is 10.1 Å². The van der Waals surface area contributed by atoms with Gasteiger partial charge in [0.2, 0.25) is 0 Å². The van der Waals surface area contributed by atoms with Gasteiger partial charge in [0.05, 0.1) is 24.2 Å². The van der Waals surface area contributed by atoms with E-state index in [0.29, 0.717) is 6.61 Å². The van der Waals surface area contributed by atoms with Crippen LogP contribution in [0.4, 0.5) is 4.39 Å².